The number of hydrogen-bond acceptors (Lipinski definition) is 6. The van der Waals surface area contributed by atoms with Gasteiger partial charge >= 0.3 is 0 Å². The molecule has 0 aliphatic carbocycles. The van der Waals surface area contributed by atoms with E-state index >= 15 is 0 Å². The van der Waals surface area contributed by atoms with Crippen LogP contribution in [0.25, 0.3) is 0 Å². The molecule has 0 aromatic heterocycles. The van der Waals surface area contributed by atoms with Gasteiger partial charge in [0.1, 0.15) is 0 Å². The molecule has 9 nitrogen and oxygen atoms in total. The number of rotatable bonds is 8. The molecule has 33 heavy (non-hydrogen) atoms. The van der Waals surface area contributed by atoms with Gasteiger partial charge in [0.2, 0.25) is 15.9 Å². The Morgan fingerprint density at radius 2 is 1.85 bits per heavy atom. The summed E-state index contributed by atoms with van der Waals surface area (Å²) in [6, 6.07) is 13.0. The minimum atomic E-state index is -3.83. The summed E-state index contributed by atoms with van der Waals surface area (Å²) in [5.74, 6) is 1.34. The Hall–Kier alpha value is -3.39. The molecule has 1 aliphatic rings. The van der Waals surface area contributed by atoms with E-state index in [1.54, 1.807) is 0 Å². The SMILES string of the molecule is C#CCNS(=O)(=O)c1cccc(C(=O)N(C)CC(=O)Nc2ccc(N3CCOCC3)cc2)c1. The van der Waals surface area contributed by atoms with Crippen LogP contribution in [0.5, 0.6) is 0 Å². The average molecular weight is 471 g/mol. The maximum absolute atomic E-state index is 12.7. The highest BCUT2D eigenvalue weighted by Crippen LogP contribution is 2.19. The van der Waals surface area contributed by atoms with Gasteiger partial charge in [0.05, 0.1) is 31.2 Å². The van der Waals surface area contributed by atoms with Gasteiger partial charge in [-0.25, -0.2) is 8.42 Å². The van der Waals surface area contributed by atoms with Gasteiger partial charge in [-0.05, 0) is 42.5 Å². The topological polar surface area (TPSA) is 108 Å². The van der Waals surface area contributed by atoms with E-state index in [4.69, 9.17) is 11.2 Å². The second kappa shape index (κ2) is 11.0. The van der Waals surface area contributed by atoms with E-state index in [2.05, 4.69) is 20.9 Å². The summed E-state index contributed by atoms with van der Waals surface area (Å²) < 4.78 is 32.1. The molecule has 0 bridgehead atoms. The third kappa shape index (κ3) is 6.55. The molecule has 0 radical (unpaired) electrons. The Labute approximate surface area is 193 Å². The molecule has 0 atom stereocenters. The molecule has 2 aromatic rings. The number of ether oxygens (including phenoxy) is 1. The molecule has 1 fully saturated rings. The molecule has 1 aliphatic heterocycles. The van der Waals surface area contributed by atoms with E-state index < -0.39 is 15.9 Å². The van der Waals surface area contributed by atoms with E-state index in [9.17, 15) is 18.0 Å². The number of anilines is 2. The van der Waals surface area contributed by atoms with Crippen molar-refractivity contribution in [3.8, 4) is 12.3 Å². The summed E-state index contributed by atoms with van der Waals surface area (Å²) in [6.07, 6.45) is 5.09. The van der Waals surface area contributed by atoms with Crippen molar-refractivity contribution in [3.63, 3.8) is 0 Å². The molecule has 0 unspecified atom stereocenters. The lowest BCUT2D eigenvalue weighted by Gasteiger charge is -2.28. The first-order valence-corrected chi connectivity index (χ1v) is 11.8. The molecule has 0 saturated carbocycles. The van der Waals surface area contributed by atoms with Crippen molar-refractivity contribution in [2.45, 2.75) is 4.90 Å². The highest BCUT2D eigenvalue weighted by molar-refractivity contribution is 7.89. The minimum Gasteiger partial charge on any atom is -0.378 e. The summed E-state index contributed by atoms with van der Waals surface area (Å²) in [5.41, 5.74) is 1.81. The Morgan fingerprint density at radius 3 is 2.52 bits per heavy atom. The molecule has 1 saturated heterocycles. The van der Waals surface area contributed by atoms with Gasteiger partial charge in [0, 0.05) is 37.1 Å². The zero-order valence-electron chi connectivity index (χ0n) is 18.3. The van der Waals surface area contributed by atoms with Crippen LogP contribution in [-0.2, 0) is 19.6 Å². The van der Waals surface area contributed by atoms with Crippen LogP contribution in [0.15, 0.2) is 53.4 Å². The standard InChI is InChI=1S/C23H26N4O5S/c1-3-11-24-33(30,31)21-6-4-5-18(16-21)23(29)26(2)17-22(28)25-19-7-9-20(10-8-19)27-12-14-32-15-13-27/h1,4-10,16,24H,11-15,17H2,2H3,(H,25,28). The molecular formula is C23H26N4O5S. The number of amides is 2. The number of benzene rings is 2. The van der Waals surface area contributed by atoms with Gasteiger partial charge < -0.3 is 19.9 Å². The number of nitrogens with one attached hydrogen (secondary N) is 2. The normalized spacial score (nSPS) is 13.8. The third-order valence-electron chi connectivity index (χ3n) is 5.01. The lowest BCUT2D eigenvalue weighted by atomic mass is 10.2. The molecule has 10 heteroatoms. The van der Waals surface area contributed by atoms with Crippen molar-refractivity contribution in [3.05, 3.63) is 54.1 Å². The van der Waals surface area contributed by atoms with Crippen molar-refractivity contribution < 1.29 is 22.7 Å². The molecule has 0 spiro atoms. The first-order chi connectivity index (χ1) is 15.8. The quantitative estimate of drug-likeness (QED) is 0.561. The molecule has 174 valence electrons. The lowest BCUT2D eigenvalue weighted by molar-refractivity contribution is -0.116. The molecule has 2 N–H and O–H groups in total. The van der Waals surface area contributed by atoms with Crippen LogP contribution in [0.3, 0.4) is 0 Å². The molecule has 2 aromatic carbocycles. The predicted molar refractivity (Wildman–Crippen MR) is 126 cm³/mol. The van der Waals surface area contributed by atoms with Crippen molar-refractivity contribution in [1.29, 1.82) is 0 Å². The van der Waals surface area contributed by atoms with E-state index in [-0.39, 0.29) is 29.5 Å². The van der Waals surface area contributed by atoms with E-state index in [0.29, 0.717) is 18.9 Å². The number of morpholine rings is 1. The van der Waals surface area contributed by atoms with E-state index in [1.165, 1.54) is 36.2 Å². The third-order valence-corrected chi connectivity index (χ3v) is 6.41. The van der Waals surface area contributed by atoms with Crippen LogP contribution in [0.1, 0.15) is 10.4 Å². The zero-order chi connectivity index (χ0) is 23.8. The average Bonchev–Trinajstić information content (AvgIpc) is 2.83. The Kier molecular flexibility index (Phi) is 8.06. The summed E-state index contributed by atoms with van der Waals surface area (Å²) in [4.78, 5) is 28.5. The number of likely N-dealkylation sites (N-methyl/N-ethyl adjacent to an activating group) is 1. The highest BCUT2D eigenvalue weighted by Gasteiger charge is 2.19. The molecular weight excluding hydrogens is 444 g/mol. The molecule has 2 amide bonds. The maximum atomic E-state index is 12.7. The monoisotopic (exact) mass is 470 g/mol. The first kappa shape index (κ1) is 24.3. The lowest BCUT2D eigenvalue weighted by Crippen LogP contribution is -2.36. The molecule has 1 heterocycles. The Morgan fingerprint density at radius 1 is 1.15 bits per heavy atom. The van der Waals surface area contributed by atoms with Crippen LogP contribution in [0.2, 0.25) is 0 Å². The Balaban J connectivity index is 1.59. The predicted octanol–water partition coefficient (Wildman–Crippen LogP) is 1.15. The fourth-order valence-electron chi connectivity index (χ4n) is 3.30. The summed E-state index contributed by atoms with van der Waals surface area (Å²) in [6.45, 7) is 2.66. The Bertz CT molecular complexity index is 1140. The summed E-state index contributed by atoms with van der Waals surface area (Å²) >= 11 is 0. The minimum absolute atomic E-state index is 0.0817. The van der Waals surface area contributed by atoms with Gasteiger partial charge in [-0.15, -0.1) is 6.42 Å². The number of hydrogen-bond donors (Lipinski definition) is 2. The zero-order valence-corrected chi connectivity index (χ0v) is 19.1. The van der Waals surface area contributed by atoms with Gasteiger partial charge in [-0.3, -0.25) is 9.59 Å². The van der Waals surface area contributed by atoms with Gasteiger partial charge in [0.25, 0.3) is 5.91 Å². The smallest absolute Gasteiger partial charge is 0.254 e. The number of terminal acetylenes is 1. The summed E-state index contributed by atoms with van der Waals surface area (Å²) in [5, 5.41) is 2.77. The number of carbonyl (C=O) groups is 2. The van der Waals surface area contributed by atoms with Crippen molar-refractivity contribution >= 4 is 33.2 Å². The highest BCUT2D eigenvalue weighted by atomic mass is 32.2. The maximum Gasteiger partial charge on any atom is 0.254 e. The second-order valence-electron chi connectivity index (χ2n) is 7.41. The molecule has 3 rings (SSSR count). The largest absolute Gasteiger partial charge is 0.378 e. The van der Waals surface area contributed by atoms with Crippen molar-refractivity contribution in [1.82, 2.24) is 9.62 Å². The van der Waals surface area contributed by atoms with Crippen LogP contribution in [0, 0.1) is 12.3 Å². The number of carbonyl (C=O) groups excluding carboxylic acids is 2. The fourth-order valence-corrected chi connectivity index (χ4v) is 4.28. The second-order valence-corrected chi connectivity index (χ2v) is 9.18. The number of nitrogens with zero attached hydrogens (tertiary/aromatic N) is 2. The van der Waals surface area contributed by atoms with Crippen LogP contribution < -0.4 is 14.9 Å². The fraction of sp³-hybridized carbons (Fsp3) is 0.304. The van der Waals surface area contributed by atoms with E-state index in [0.717, 1.165) is 18.8 Å². The van der Waals surface area contributed by atoms with Gasteiger partial charge in [0.15, 0.2) is 0 Å². The van der Waals surface area contributed by atoms with Gasteiger partial charge in [-0.1, -0.05) is 12.0 Å². The first-order valence-electron chi connectivity index (χ1n) is 10.3. The van der Waals surface area contributed by atoms with Crippen LogP contribution in [-0.4, -0.2) is 71.6 Å². The van der Waals surface area contributed by atoms with Crippen LogP contribution >= 0.6 is 0 Å². The van der Waals surface area contributed by atoms with E-state index in [1.807, 2.05) is 24.3 Å². The van der Waals surface area contributed by atoms with Crippen LogP contribution in [0.4, 0.5) is 11.4 Å². The van der Waals surface area contributed by atoms with Crippen molar-refractivity contribution in [2.75, 3.05) is 56.7 Å². The van der Waals surface area contributed by atoms with Gasteiger partial charge in [-0.2, -0.15) is 4.72 Å². The van der Waals surface area contributed by atoms with Crippen molar-refractivity contribution in [2.24, 2.45) is 0 Å². The number of sulfonamides is 1. The summed E-state index contributed by atoms with van der Waals surface area (Å²) in [7, 11) is -2.36.